The minimum absolute atomic E-state index is 0.693. The Morgan fingerprint density at radius 2 is 0.654 bits per heavy atom. The first-order chi connectivity index (χ1) is 25.6. The van der Waals surface area contributed by atoms with E-state index in [0.29, 0.717) is 26.4 Å². The number of benzene rings is 3. The Balaban J connectivity index is 1.36. The summed E-state index contributed by atoms with van der Waals surface area (Å²) in [6.45, 7) is 11.7. The Bertz CT molecular complexity index is 1520. The summed E-state index contributed by atoms with van der Waals surface area (Å²) < 4.78 is 37.9. The maximum atomic E-state index is 6.49. The van der Waals surface area contributed by atoms with Crippen LogP contribution in [0.4, 0.5) is 0 Å². The molecule has 0 radical (unpaired) electrons. The smallest absolute Gasteiger partial charge is 0.135 e. The minimum Gasteiger partial charge on any atom is -0.493 e. The van der Waals surface area contributed by atoms with E-state index in [4.69, 9.17) is 27.8 Å². The molecule has 0 saturated carbocycles. The van der Waals surface area contributed by atoms with E-state index in [1.165, 1.54) is 77.0 Å². The molecule has 0 spiro atoms. The van der Waals surface area contributed by atoms with Crippen LogP contribution < -0.4 is 18.9 Å². The van der Waals surface area contributed by atoms with Crippen LogP contribution in [0.3, 0.4) is 0 Å². The summed E-state index contributed by atoms with van der Waals surface area (Å²) >= 11 is 0. The standard InChI is InChI=1S/C46H62O6/c1-5-9-13-17-21-47-39-25-35(26-40(33-39)48-22-18-14-10-6-2)43-29-37-31-46-38(32-45(37)51-43)30-44(52-46)36-27-41(49-23-19-15-11-7-3)34-42(28-36)50-24-20-16-12-8-4/h25-34H,5-24H2,1-4H3. The Morgan fingerprint density at radius 3 is 0.942 bits per heavy atom. The van der Waals surface area contributed by atoms with Gasteiger partial charge in [0.1, 0.15) is 45.7 Å². The zero-order valence-electron chi connectivity index (χ0n) is 32.4. The first kappa shape index (κ1) is 39.2. The van der Waals surface area contributed by atoms with Crippen LogP contribution in [0.1, 0.15) is 130 Å². The average molecular weight is 711 g/mol. The molecule has 0 atom stereocenters. The Hall–Kier alpha value is -4.06. The molecule has 3 aromatic carbocycles. The molecule has 0 aliphatic rings. The fourth-order valence-electron chi connectivity index (χ4n) is 6.49. The maximum absolute atomic E-state index is 6.49. The molecule has 5 rings (SSSR count). The fourth-order valence-corrected chi connectivity index (χ4v) is 6.49. The second kappa shape index (κ2) is 21.5. The zero-order valence-corrected chi connectivity index (χ0v) is 32.4. The molecule has 0 aliphatic carbocycles. The molecule has 0 aliphatic heterocycles. The van der Waals surface area contributed by atoms with Gasteiger partial charge >= 0.3 is 0 Å². The Morgan fingerprint density at radius 1 is 0.346 bits per heavy atom. The molecule has 282 valence electrons. The van der Waals surface area contributed by atoms with E-state index in [1.807, 2.05) is 12.1 Å². The van der Waals surface area contributed by atoms with E-state index in [9.17, 15) is 0 Å². The average Bonchev–Trinajstić information content (AvgIpc) is 3.77. The van der Waals surface area contributed by atoms with Crippen LogP contribution in [0.25, 0.3) is 44.6 Å². The molecule has 0 N–H and O–H groups in total. The van der Waals surface area contributed by atoms with Gasteiger partial charge in [0, 0.05) is 34.0 Å². The summed E-state index contributed by atoms with van der Waals surface area (Å²) in [7, 11) is 0. The summed E-state index contributed by atoms with van der Waals surface area (Å²) in [5.41, 5.74) is 3.50. The van der Waals surface area contributed by atoms with Gasteiger partial charge in [-0.1, -0.05) is 105 Å². The van der Waals surface area contributed by atoms with E-state index < -0.39 is 0 Å². The van der Waals surface area contributed by atoms with Crippen LogP contribution in [0, 0.1) is 0 Å². The first-order valence-electron chi connectivity index (χ1n) is 20.4. The van der Waals surface area contributed by atoms with Crippen molar-refractivity contribution >= 4 is 21.9 Å². The topological polar surface area (TPSA) is 63.2 Å². The van der Waals surface area contributed by atoms with Crippen LogP contribution in [0.5, 0.6) is 23.0 Å². The molecule has 0 fully saturated rings. The van der Waals surface area contributed by atoms with Crippen molar-refractivity contribution in [1.82, 2.24) is 0 Å². The second-order valence-electron chi connectivity index (χ2n) is 14.2. The number of ether oxygens (including phenoxy) is 4. The number of hydrogen-bond acceptors (Lipinski definition) is 6. The molecule has 0 unspecified atom stereocenters. The number of rotatable bonds is 26. The number of furan rings is 2. The van der Waals surface area contributed by atoms with Crippen molar-refractivity contribution in [2.45, 2.75) is 130 Å². The number of hydrogen-bond donors (Lipinski definition) is 0. The van der Waals surface area contributed by atoms with Gasteiger partial charge in [-0.25, -0.2) is 0 Å². The molecule has 0 amide bonds. The van der Waals surface area contributed by atoms with Gasteiger partial charge in [-0.3, -0.25) is 0 Å². The summed E-state index contributed by atoms with van der Waals surface area (Å²) in [6, 6.07) is 20.6. The second-order valence-corrected chi connectivity index (χ2v) is 14.2. The lowest BCUT2D eigenvalue weighted by atomic mass is 10.1. The van der Waals surface area contributed by atoms with Gasteiger partial charge in [-0.05, 0) is 74.2 Å². The molecular weight excluding hydrogens is 649 g/mol. The van der Waals surface area contributed by atoms with Gasteiger partial charge < -0.3 is 27.8 Å². The van der Waals surface area contributed by atoms with Crippen LogP contribution in [0.2, 0.25) is 0 Å². The first-order valence-corrected chi connectivity index (χ1v) is 20.4. The van der Waals surface area contributed by atoms with Crippen LogP contribution >= 0.6 is 0 Å². The molecule has 2 aromatic heterocycles. The van der Waals surface area contributed by atoms with Gasteiger partial charge in [-0.15, -0.1) is 0 Å². The largest absolute Gasteiger partial charge is 0.493 e. The van der Waals surface area contributed by atoms with Gasteiger partial charge in [0.15, 0.2) is 0 Å². The highest BCUT2D eigenvalue weighted by molar-refractivity contribution is 5.97. The monoisotopic (exact) mass is 710 g/mol. The predicted octanol–water partition coefficient (Wildman–Crippen LogP) is 14.3. The summed E-state index contributed by atoms with van der Waals surface area (Å²) in [4.78, 5) is 0. The molecule has 2 heterocycles. The van der Waals surface area contributed by atoms with E-state index in [2.05, 4.69) is 76.2 Å². The molecule has 0 saturated heterocycles. The normalized spacial score (nSPS) is 11.5. The summed E-state index contributed by atoms with van der Waals surface area (Å²) in [6.07, 6.45) is 18.6. The highest BCUT2D eigenvalue weighted by atomic mass is 16.5. The van der Waals surface area contributed by atoms with Crippen LogP contribution in [0.15, 0.2) is 69.5 Å². The van der Waals surface area contributed by atoms with Crippen molar-refractivity contribution in [1.29, 1.82) is 0 Å². The van der Waals surface area contributed by atoms with E-state index >= 15 is 0 Å². The Labute approximate surface area is 312 Å². The molecular formula is C46H62O6. The number of fused-ring (bicyclic) bond motifs is 2. The summed E-state index contributed by atoms with van der Waals surface area (Å²) in [5, 5.41) is 1.97. The minimum atomic E-state index is 0.693. The van der Waals surface area contributed by atoms with Gasteiger partial charge in [0.05, 0.1) is 26.4 Å². The molecule has 6 nitrogen and oxygen atoms in total. The lowest BCUT2D eigenvalue weighted by molar-refractivity contribution is 0.290. The SMILES string of the molecule is CCCCCCOc1cc(OCCCCCC)cc(-c2cc3cc4oc(-c5cc(OCCCCCC)cc(OCCCCCC)c5)cc4cc3o2)c1. The third-order valence-electron chi connectivity index (χ3n) is 9.55. The Kier molecular flexibility index (Phi) is 16.2. The van der Waals surface area contributed by atoms with E-state index in [-0.39, 0.29) is 0 Å². The van der Waals surface area contributed by atoms with Crippen molar-refractivity contribution in [3.8, 4) is 45.6 Å². The van der Waals surface area contributed by atoms with Gasteiger partial charge in [0.2, 0.25) is 0 Å². The van der Waals surface area contributed by atoms with Crippen molar-refractivity contribution in [2.24, 2.45) is 0 Å². The maximum Gasteiger partial charge on any atom is 0.135 e. The van der Waals surface area contributed by atoms with Crippen molar-refractivity contribution in [2.75, 3.05) is 26.4 Å². The van der Waals surface area contributed by atoms with Crippen molar-refractivity contribution in [3.63, 3.8) is 0 Å². The highest BCUT2D eigenvalue weighted by Gasteiger charge is 2.15. The molecule has 52 heavy (non-hydrogen) atoms. The molecule has 5 aromatic rings. The predicted molar refractivity (Wildman–Crippen MR) is 215 cm³/mol. The van der Waals surface area contributed by atoms with Gasteiger partial charge in [-0.2, -0.15) is 0 Å². The zero-order chi connectivity index (χ0) is 36.4. The molecule has 0 bridgehead atoms. The third kappa shape index (κ3) is 12.0. The fraction of sp³-hybridized carbons (Fsp3) is 0.522. The highest BCUT2D eigenvalue weighted by Crippen LogP contribution is 2.38. The lowest BCUT2D eigenvalue weighted by Gasteiger charge is -2.12. The molecule has 6 heteroatoms. The summed E-state index contributed by atoms with van der Waals surface area (Å²) in [5.74, 6) is 4.81. The van der Waals surface area contributed by atoms with Crippen LogP contribution in [-0.4, -0.2) is 26.4 Å². The van der Waals surface area contributed by atoms with Crippen molar-refractivity contribution in [3.05, 3.63) is 60.7 Å². The quantitative estimate of drug-likeness (QED) is 0.0532. The third-order valence-corrected chi connectivity index (χ3v) is 9.55. The van der Waals surface area contributed by atoms with Gasteiger partial charge in [0.25, 0.3) is 0 Å². The van der Waals surface area contributed by atoms with Crippen LogP contribution in [-0.2, 0) is 0 Å². The van der Waals surface area contributed by atoms with E-state index in [0.717, 1.165) is 93.3 Å². The number of unbranched alkanes of at least 4 members (excludes halogenated alkanes) is 12. The van der Waals surface area contributed by atoms with E-state index in [1.54, 1.807) is 0 Å². The van der Waals surface area contributed by atoms with Crippen molar-refractivity contribution < 1.29 is 27.8 Å². The lowest BCUT2D eigenvalue weighted by Crippen LogP contribution is -2.00.